The van der Waals surface area contributed by atoms with Gasteiger partial charge in [0.1, 0.15) is 11.5 Å². The fourth-order valence-electron chi connectivity index (χ4n) is 2.55. The Morgan fingerprint density at radius 2 is 1.78 bits per heavy atom. The van der Waals surface area contributed by atoms with Gasteiger partial charge in [-0.2, -0.15) is 0 Å². The molecule has 7 nitrogen and oxygen atoms in total. The van der Waals surface area contributed by atoms with Crippen molar-refractivity contribution in [1.82, 2.24) is 5.32 Å². The summed E-state index contributed by atoms with van der Waals surface area (Å²) >= 11 is 0. The van der Waals surface area contributed by atoms with Gasteiger partial charge in [0, 0.05) is 13.2 Å². The molecule has 0 bridgehead atoms. The number of rotatable bonds is 10. The first-order chi connectivity index (χ1) is 12.9. The van der Waals surface area contributed by atoms with Crippen molar-refractivity contribution in [3.63, 3.8) is 0 Å². The predicted molar refractivity (Wildman–Crippen MR) is 100 cm³/mol. The average Bonchev–Trinajstić information content (AvgIpc) is 3.08. The summed E-state index contributed by atoms with van der Waals surface area (Å²) < 4.78 is 41.3. The van der Waals surface area contributed by atoms with Gasteiger partial charge in [0.2, 0.25) is 0 Å². The molecule has 0 spiro atoms. The predicted octanol–water partition coefficient (Wildman–Crippen LogP) is 2.69. The zero-order valence-corrected chi connectivity index (χ0v) is 16.5. The zero-order valence-electron chi connectivity index (χ0n) is 15.7. The third-order valence-corrected chi connectivity index (χ3v) is 5.57. The smallest absolute Gasteiger partial charge is 0.287 e. The Bertz CT molecular complexity index is 853. The van der Waals surface area contributed by atoms with Gasteiger partial charge in [-0.05, 0) is 44.5 Å². The van der Waals surface area contributed by atoms with Gasteiger partial charge in [0.05, 0.1) is 11.4 Å². The van der Waals surface area contributed by atoms with Crippen LogP contribution in [-0.2, 0) is 25.1 Å². The average molecular weight is 395 g/mol. The molecule has 148 valence electrons. The highest BCUT2D eigenvalue weighted by atomic mass is 32.2. The summed E-state index contributed by atoms with van der Waals surface area (Å²) in [5.41, 5.74) is 0.667. The van der Waals surface area contributed by atoms with Gasteiger partial charge >= 0.3 is 0 Å². The van der Waals surface area contributed by atoms with Crippen LogP contribution >= 0.6 is 0 Å². The second-order valence-corrected chi connectivity index (χ2v) is 7.80. The number of sulfone groups is 1. The first-order valence-corrected chi connectivity index (χ1v) is 10.4. The molecule has 0 saturated heterocycles. The van der Waals surface area contributed by atoms with Crippen LogP contribution in [0.2, 0.25) is 0 Å². The lowest BCUT2D eigenvalue weighted by Crippen LogP contribution is -2.35. The molecule has 2 rings (SSSR count). The number of hydrogen-bond donors (Lipinski definition) is 1. The minimum atomic E-state index is -3.56. The minimum Gasteiger partial charge on any atom is -0.455 e. The topological polar surface area (TPSA) is 94.8 Å². The molecule has 0 aliphatic heterocycles. The van der Waals surface area contributed by atoms with Gasteiger partial charge in [-0.15, -0.1) is 0 Å². The van der Waals surface area contributed by atoms with E-state index in [1.165, 1.54) is 12.1 Å². The van der Waals surface area contributed by atoms with Crippen LogP contribution in [0.15, 0.2) is 45.7 Å². The molecule has 2 aromatic rings. The fraction of sp³-hybridized carbons (Fsp3) is 0.421. The Labute approximate surface area is 159 Å². The van der Waals surface area contributed by atoms with E-state index in [4.69, 9.17) is 13.9 Å². The molecular formula is C19H25NO6S. The maximum atomic E-state index is 12.6. The summed E-state index contributed by atoms with van der Waals surface area (Å²) in [6.45, 7) is 6.49. The molecule has 1 N–H and O–H groups in total. The van der Waals surface area contributed by atoms with E-state index in [0.29, 0.717) is 18.8 Å². The molecular weight excluding hydrogens is 370 g/mol. The number of carbonyl (C=O) groups excluding carboxylic acids is 1. The third-order valence-electron chi connectivity index (χ3n) is 3.78. The van der Waals surface area contributed by atoms with Crippen LogP contribution in [0.1, 0.15) is 35.7 Å². The summed E-state index contributed by atoms with van der Waals surface area (Å²) in [5.74, 6) is -0.531. The lowest BCUT2D eigenvalue weighted by molar-refractivity contribution is -0.131. The molecule has 1 aromatic heterocycles. The van der Waals surface area contributed by atoms with Crippen LogP contribution < -0.4 is 5.32 Å². The van der Waals surface area contributed by atoms with Crippen molar-refractivity contribution in [2.24, 2.45) is 0 Å². The van der Waals surface area contributed by atoms with E-state index in [-0.39, 0.29) is 28.7 Å². The molecule has 0 radical (unpaired) electrons. The van der Waals surface area contributed by atoms with E-state index >= 15 is 0 Å². The molecule has 0 atom stereocenters. The second kappa shape index (κ2) is 9.68. The van der Waals surface area contributed by atoms with Gasteiger partial charge < -0.3 is 19.2 Å². The van der Waals surface area contributed by atoms with Gasteiger partial charge in [-0.3, -0.25) is 4.79 Å². The zero-order chi connectivity index (χ0) is 19.9. The number of ether oxygens (including phenoxy) is 2. The van der Waals surface area contributed by atoms with Crippen molar-refractivity contribution in [2.75, 3.05) is 19.8 Å². The van der Waals surface area contributed by atoms with Crippen molar-refractivity contribution in [3.05, 3.63) is 53.5 Å². The summed E-state index contributed by atoms with van der Waals surface area (Å²) in [4.78, 5) is 12.4. The molecule has 0 unspecified atom stereocenters. The van der Waals surface area contributed by atoms with E-state index in [1.54, 1.807) is 31.2 Å². The highest BCUT2D eigenvalue weighted by molar-refractivity contribution is 7.90. The molecule has 0 saturated carbocycles. The summed E-state index contributed by atoms with van der Waals surface area (Å²) in [6.07, 6.45) is -0.542. The molecule has 1 aromatic carbocycles. The maximum absolute atomic E-state index is 12.6. The monoisotopic (exact) mass is 395 g/mol. The summed E-state index contributed by atoms with van der Waals surface area (Å²) in [7, 11) is -3.56. The van der Waals surface area contributed by atoms with E-state index in [9.17, 15) is 13.2 Å². The molecule has 1 heterocycles. The Balaban J connectivity index is 2.01. The van der Waals surface area contributed by atoms with Crippen LogP contribution in [0.3, 0.4) is 0 Å². The summed E-state index contributed by atoms with van der Waals surface area (Å²) in [6, 6.07) is 9.70. The highest BCUT2D eigenvalue weighted by Crippen LogP contribution is 2.21. The van der Waals surface area contributed by atoms with Crippen molar-refractivity contribution < 1.29 is 27.1 Å². The molecule has 27 heavy (non-hydrogen) atoms. The maximum Gasteiger partial charge on any atom is 0.287 e. The van der Waals surface area contributed by atoms with E-state index < -0.39 is 22.0 Å². The van der Waals surface area contributed by atoms with E-state index in [0.717, 1.165) is 0 Å². The van der Waals surface area contributed by atoms with Crippen molar-refractivity contribution in [3.8, 4) is 0 Å². The van der Waals surface area contributed by atoms with Crippen LogP contribution in [0, 0.1) is 6.92 Å². The highest BCUT2D eigenvalue weighted by Gasteiger charge is 2.21. The Morgan fingerprint density at radius 3 is 2.41 bits per heavy atom. The van der Waals surface area contributed by atoms with Crippen molar-refractivity contribution in [1.29, 1.82) is 0 Å². The Kier molecular flexibility index (Phi) is 7.58. The standard InChI is InChI=1S/C19H25NO6S/c1-4-24-18(25-5-2)12-20-19(21)16-11-10-15(26-16)13-27(22,23)17-9-7-6-8-14(17)3/h6-11,18H,4-5,12-13H2,1-3H3,(H,20,21). The number of amides is 1. The molecule has 1 amide bonds. The third kappa shape index (κ3) is 5.92. The number of aryl methyl sites for hydroxylation is 1. The van der Waals surface area contributed by atoms with Gasteiger partial charge in [-0.25, -0.2) is 8.42 Å². The number of carbonyl (C=O) groups is 1. The number of benzene rings is 1. The van der Waals surface area contributed by atoms with Crippen LogP contribution in [0.4, 0.5) is 0 Å². The van der Waals surface area contributed by atoms with E-state index in [1.807, 2.05) is 13.8 Å². The van der Waals surface area contributed by atoms with Crippen LogP contribution in [-0.4, -0.2) is 40.4 Å². The SMILES string of the molecule is CCOC(CNC(=O)c1ccc(CS(=O)(=O)c2ccccc2C)o1)OCC. The van der Waals surface area contributed by atoms with Gasteiger partial charge in [0.25, 0.3) is 5.91 Å². The lowest BCUT2D eigenvalue weighted by atomic mass is 10.2. The molecule has 0 fully saturated rings. The molecule has 0 aliphatic rings. The number of hydrogen-bond acceptors (Lipinski definition) is 6. The lowest BCUT2D eigenvalue weighted by Gasteiger charge is -2.16. The van der Waals surface area contributed by atoms with Crippen LogP contribution in [0.25, 0.3) is 0 Å². The second-order valence-electron chi connectivity index (χ2n) is 5.84. The van der Waals surface area contributed by atoms with Crippen molar-refractivity contribution >= 4 is 15.7 Å². The number of nitrogens with one attached hydrogen (secondary N) is 1. The van der Waals surface area contributed by atoms with Crippen LogP contribution in [0.5, 0.6) is 0 Å². The van der Waals surface area contributed by atoms with Gasteiger partial charge in [0.15, 0.2) is 21.9 Å². The fourth-order valence-corrected chi connectivity index (χ4v) is 4.08. The first-order valence-electron chi connectivity index (χ1n) is 8.75. The normalized spacial score (nSPS) is 11.7. The molecule has 8 heteroatoms. The van der Waals surface area contributed by atoms with E-state index in [2.05, 4.69) is 5.32 Å². The Hall–Kier alpha value is -2.16. The van der Waals surface area contributed by atoms with Crippen molar-refractivity contribution in [2.45, 2.75) is 37.7 Å². The minimum absolute atomic E-state index is 0.0386. The number of furan rings is 1. The summed E-state index contributed by atoms with van der Waals surface area (Å²) in [5, 5.41) is 2.65. The Morgan fingerprint density at radius 1 is 1.11 bits per heavy atom. The molecule has 0 aliphatic carbocycles. The quantitative estimate of drug-likeness (QED) is 0.622. The largest absolute Gasteiger partial charge is 0.455 e. The first kappa shape index (κ1) is 21.1. The van der Waals surface area contributed by atoms with Gasteiger partial charge in [-0.1, -0.05) is 18.2 Å².